The summed E-state index contributed by atoms with van der Waals surface area (Å²) >= 11 is 0. The topological polar surface area (TPSA) is 91.6 Å². The first-order valence-electron chi connectivity index (χ1n) is 6.25. The number of aliphatic hydroxyl groups excluding tert-OH is 1. The molecule has 1 heterocycles. The lowest BCUT2D eigenvalue weighted by molar-refractivity contribution is 0.220. The van der Waals surface area contributed by atoms with Gasteiger partial charge in [0, 0.05) is 6.04 Å². The first-order valence-corrected chi connectivity index (χ1v) is 7.74. The third-order valence-corrected chi connectivity index (χ3v) is 4.00. The van der Waals surface area contributed by atoms with E-state index in [1.54, 1.807) is 6.07 Å². The van der Waals surface area contributed by atoms with E-state index in [2.05, 4.69) is 23.9 Å². The first kappa shape index (κ1) is 16.2. The summed E-state index contributed by atoms with van der Waals surface area (Å²) in [4.78, 5) is 0. The highest BCUT2D eigenvalue weighted by Crippen LogP contribution is 2.14. The molecule has 0 aliphatic rings. The van der Waals surface area contributed by atoms with Crippen LogP contribution in [0.5, 0.6) is 0 Å². The van der Waals surface area contributed by atoms with Crippen LogP contribution in [0.4, 0.5) is 0 Å². The van der Waals surface area contributed by atoms with Gasteiger partial charge in [0.05, 0.1) is 13.2 Å². The molecule has 0 spiro atoms. The number of furan rings is 1. The van der Waals surface area contributed by atoms with Crippen LogP contribution in [0.1, 0.15) is 26.0 Å². The lowest BCUT2D eigenvalue weighted by Gasteiger charge is -2.17. The van der Waals surface area contributed by atoms with Gasteiger partial charge in [0.2, 0.25) is 5.09 Å². The molecule has 0 aliphatic heterocycles. The monoisotopic (exact) mass is 290 g/mol. The maximum atomic E-state index is 11.5. The van der Waals surface area contributed by atoms with Crippen LogP contribution in [0, 0.1) is 5.92 Å². The van der Waals surface area contributed by atoms with Gasteiger partial charge in [0.1, 0.15) is 5.76 Å². The third-order valence-electron chi connectivity index (χ3n) is 2.71. The van der Waals surface area contributed by atoms with E-state index in [0.29, 0.717) is 18.2 Å². The molecule has 0 bridgehead atoms. The van der Waals surface area contributed by atoms with E-state index in [1.807, 2.05) is 0 Å². The molecule has 19 heavy (non-hydrogen) atoms. The molecule has 7 heteroatoms. The van der Waals surface area contributed by atoms with Crippen LogP contribution in [-0.4, -0.2) is 33.2 Å². The van der Waals surface area contributed by atoms with Crippen LogP contribution in [-0.2, 0) is 16.6 Å². The molecule has 6 nitrogen and oxygen atoms in total. The Hall–Kier alpha value is -0.890. The third kappa shape index (κ3) is 4.94. The summed E-state index contributed by atoms with van der Waals surface area (Å²) in [6, 6.07) is 3.01. The van der Waals surface area contributed by atoms with Gasteiger partial charge in [-0.05, 0) is 31.5 Å². The van der Waals surface area contributed by atoms with Crippen molar-refractivity contribution >= 4 is 10.0 Å². The summed E-state index contributed by atoms with van der Waals surface area (Å²) in [7, 11) is -2.20. The second-order valence-corrected chi connectivity index (χ2v) is 6.64. The van der Waals surface area contributed by atoms with Crippen LogP contribution >= 0.6 is 0 Å². The molecular formula is C12H22N2O4S. The van der Waals surface area contributed by atoms with E-state index in [9.17, 15) is 13.5 Å². The van der Waals surface area contributed by atoms with Crippen LogP contribution in [0.2, 0.25) is 0 Å². The fraction of sp³-hybridized carbons (Fsp3) is 0.667. The predicted molar refractivity (Wildman–Crippen MR) is 72.1 cm³/mol. The lowest BCUT2D eigenvalue weighted by Crippen LogP contribution is -2.33. The second-order valence-electron chi connectivity index (χ2n) is 4.82. The van der Waals surface area contributed by atoms with Crippen molar-refractivity contribution in [2.24, 2.45) is 5.92 Å². The summed E-state index contributed by atoms with van der Waals surface area (Å²) in [6.07, 6.45) is 0.846. The number of hydrogen-bond donors (Lipinski definition) is 3. The van der Waals surface area contributed by atoms with Crippen LogP contribution in [0.15, 0.2) is 21.6 Å². The van der Waals surface area contributed by atoms with E-state index in [4.69, 9.17) is 4.42 Å². The average molecular weight is 290 g/mol. The zero-order valence-electron chi connectivity index (χ0n) is 11.5. The zero-order chi connectivity index (χ0) is 14.5. The molecule has 1 aromatic rings. The normalized spacial score (nSPS) is 13.9. The van der Waals surface area contributed by atoms with Gasteiger partial charge in [-0.15, -0.1) is 0 Å². The maximum absolute atomic E-state index is 11.5. The number of nitrogens with one attached hydrogen (secondary N) is 2. The second kappa shape index (κ2) is 7.04. The average Bonchev–Trinajstić information content (AvgIpc) is 2.83. The Morgan fingerprint density at radius 2 is 2.05 bits per heavy atom. The molecule has 1 unspecified atom stereocenters. The van der Waals surface area contributed by atoms with Gasteiger partial charge in [-0.25, -0.2) is 13.1 Å². The summed E-state index contributed by atoms with van der Waals surface area (Å²) in [5, 5.41) is 12.3. The highest BCUT2D eigenvalue weighted by Gasteiger charge is 2.17. The highest BCUT2D eigenvalue weighted by atomic mass is 32.2. The van der Waals surface area contributed by atoms with Crippen molar-refractivity contribution in [1.29, 1.82) is 0 Å². The first-order chi connectivity index (χ1) is 8.89. The summed E-state index contributed by atoms with van der Waals surface area (Å²) in [5.41, 5.74) is 0. The number of rotatable bonds is 8. The standard InChI is InChI=1S/C12H22N2O4S/c1-9(2)6-10(8-15)14-7-11-4-5-12(18-11)19(16,17)13-3/h4-5,9-10,13-15H,6-8H2,1-3H3. The van der Waals surface area contributed by atoms with Gasteiger partial charge < -0.3 is 14.8 Å². The fourth-order valence-electron chi connectivity index (χ4n) is 1.73. The lowest BCUT2D eigenvalue weighted by atomic mass is 10.0. The van der Waals surface area contributed by atoms with Gasteiger partial charge >= 0.3 is 0 Å². The minimum atomic E-state index is -3.53. The number of sulfonamides is 1. The van der Waals surface area contributed by atoms with Crippen LogP contribution in [0.3, 0.4) is 0 Å². The van der Waals surface area contributed by atoms with Crippen molar-refractivity contribution < 1.29 is 17.9 Å². The molecule has 0 saturated heterocycles. The van der Waals surface area contributed by atoms with Gasteiger partial charge in [-0.3, -0.25) is 0 Å². The minimum Gasteiger partial charge on any atom is -0.447 e. The van der Waals surface area contributed by atoms with Crippen molar-refractivity contribution in [1.82, 2.24) is 10.0 Å². The van der Waals surface area contributed by atoms with E-state index in [-0.39, 0.29) is 17.7 Å². The maximum Gasteiger partial charge on any atom is 0.273 e. The molecule has 3 N–H and O–H groups in total. The van der Waals surface area contributed by atoms with Crippen molar-refractivity contribution in [3.63, 3.8) is 0 Å². The molecule has 1 aromatic heterocycles. The van der Waals surface area contributed by atoms with Crippen molar-refractivity contribution in [2.45, 2.75) is 37.9 Å². The molecule has 1 atom stereocenters. The van der Waals surface area contributed by atoms with Crippen molar-refractivity contribution in [3.05, 3.63) is 17.9 Å². The Labute approximate surface area is 114 Å². The van der Waals surface area contributed by atoms with Crippen molar-refractivity contribution in [2.75, 3.05) is 13.7 Å². The van der Waals surface area contributed by atoms with E-state index in [0.717, 1.165) is 6.42 Å². The van der Waals surface area contributed by atoms with Crippen LogP contribution < -0.4 is 10.0 Å². The van der Waals surface area contributed by atoms with Crippen LogP contribution in [0.25, 0.3) is 0 Å². The fourth-order valence-corrected chi connectivity index (χ4v) is 2.40. The Morgan fingerprint density at radius 3 is 2.58 bits per heavy atom. The molecule has 0 fully saturated rings. The smallest absolute Gasteiger partial charge is 0.273 e. The predicted octanol–water partition coefficient (Wildman–Crippen LogP) is 0.684. The summed E-state index contributed by atoms with van der Waals surface area (Å²) < 4.78 is 30.4. The minimum absolute atomic E-state index is 0.0190. The molecule has 0 aliphatic carbocycles. The Morgan fingerprint density at radius 1 is 1.37 bits per heavy atom. The van der Waals surface area contributed by atoms with Gasteiger partial charge in [-0.2, -0.15) is 0 Å². The molecule has 0 amide bonds. The Balaban J connectivity index is 2.59. The summed E-state index contributed by atoms with van der Waals surface area (Å²) in [5.74, 6) is 0.998. The number of hydrogen-bond acceptors (Lipinski definition) is 5. The molecule has 1 rings (SSSR count). The summed E-state index contributed by atoms with van der Waals surface area (Å²) in [6.45, 7) is 4.58. The van der Waals surface area contributed by atoms with E-state index < -0.39 is 10.0 Å². The largest absolute Gasteiger partial charge is 0.447 e. The van der Waals surface area contributed by atoms with Gasteiger partial charge in [0.25, 0.3) is 10.0 Å². The zero-order valence-corrected chi connectivity index (χ0v) is 12.3. The van der Waals surface area contributed by atoms with E-state index >= 15 is 0 Å². The molecular weight excluding hydrogens is 268 g/mol. The number of aliphatic hydroxyl groups is 1. The van der Waals surface area contributed by atoms with Crippen molar-refractivity contribution in [3.8, 4) is 0 Å². The van der Waals surface area contributed by atoms with Gasteiger partial charge in [-0.1, -0.05) is 13.8 Å². The quantitative estimate of drug-likeness (QED) is 0.655. The molecule has 0 radical (unpaired) electrons. The van der Waals surface area contributed by atoms with Gasteiger partial charge in [0.15, 0.2) is 0 Å². The Bertz CT molecular complexity index is 482. The van der Waals surface area contributed by atoms with E-state index in [1.165, 1.54) is 13.1 Å². The Kier molecular flexibility index (Phi) is 5.99. The molecule has 0 aromatic carbocycles. The SMILES string of the molecule is CNS(=O)(=O)c1ccc(CNC(CO)CC(C)C)o1. The molecule has 110 valence electrons. The molecule has 0 saturated carbocycles. The highest BCUT2D eigenvalue weighted by molar-refractivity contribution is 7.89.